The van der Waals surface area contributed by atoms with Gasteiger partial charge in [0.15, 0.2) is 11.6 Å². The van der Waals surface area contributed by atoms with Crippen LogP contribution in [0, 0.1) is 0 Å². The van der Waals surface area contributed by atoms with Crippen LogP contribution in [-0.4, -0.2) is 31.8 Å². The lowest BCUT2D eigenvalue weighted by molar-refractivity contribution is -0.131. The summed E-state index contributed by atoms with van der Waals surface area (Å²) in [4.78, 5) is 36.3. The van der Waals surface area contributed by atoms with Crippen LogP contribution in [0.4, 0.5) is 0 Å². The van der Waals surface area contributed by atoms with Gasteiger partial charge in [0.25, 0.3) is 0 Å². The Morgan fingerprint density at radius 3 is 1.87 bits per heavy atom. The summed E-state index contributed by atoms with van der Waals surface area (Å²) in [7, 11) is 3.06. The van der Waals surface area contributed by atoms with E-state index in [-0.39, 0.29) is 17.3 Å². The second-order valence-electron chi connectivity index (χ2n) is 7.17. The maximum absolute atomic E-state index is 12.5. The smallest absolute Gasteiger partial charge is 0.308 e. The molecule has 6 nitrogen and oxygen atoms in total. The quantitative estimate of drug-likeness (QED) is 0.269. The zero-order valence-corrected chi connectivity index (χ0v) is 17.3. The van der Waals surface area contributed by atoms with E-state index in [0.29, 0.717) is 28.0 Å². The number of Topliss-reactive ketones (excluding diaryl/α,β-unsaturated/α-hetero) is 2. The van der Waals surface area contributed by atoms with Crippen LogP contribution in [0.5, 0.6) is 17.2 Å². The highest BCUT2D eigenvalue weighted by atomic mass is 16.5. The number of hydrogen-bond donors (Lipinski definition) is 0. The van der Waals surface area contributed by atoms with Crippen molar-refractivity contribution in [3.05, 3.63) is 41.5 Å². The van der Waals surface area contributed by atoms with Gasteiger partial charge in [-0.15, -0.1) is 0 Å². The average molecular weight is 404 g/mol. The number of benzene rings is 3. The topological polar surface area (TPSA) is 78.9 Å². The Labute approximate surface area is 173 Å². The zero-order valence-electron chi connectivity index (χ0n) is 17.3. The Morgan fingerprint density at radius 2 is 1.30 bits per heavy atom. The minimum Gasteiger partial charge on any atom is -0.496 e. The van der Waals surface area contributed by atoms with Crippen molar-refractivity contribution < 1.29 is 28.6 Å². The van der Waals surface area contributed by atoms with E-state index in [1.165, 1.54) is 27.9 Å². The van der Waals surface area contributed by atoms with Gasteiger partial charge in [-0.25, -0.2) is 0 Å². The van der Waals surface area contributed by atoms with Crippen LogP contribution in [0.15, 0.2) is 30.3 Å². The van der Waals surface area contributed by atoms with Crippen LogP contribution in [0.3, 0.4) is 0 Å². The monoisotopic (exact) mass is 404 g/mol. The van der Waals surface area contributed by atoms with Gasteiger partial charge in [-0.3, -0.25) is 14.4 Å². The van der Waals surface area contributed by atoms with E-state index in [1.807, 2.05) is 12.1 Å². The maximum atomic E-state index is 12.5. The van der Waals surface area contributed by atoms with Gasteiger partial charge in [-0.2, -0.15) is 0 Å². The fraction of sp³-hybridized carbons (Fsp3) is 0.208. The standard InChI is InChI=1S/C24H20O6/c1-11(25)15-8-16-17(9-20(15)30-13(3)27)14-6-7-19(28-4)24-22(12(2)26)21(29-5)10-18(16)23(14)24/h6-10H,1-5H3. The number of esters is 1. The van der Waals surface area contributed by atoms with Crippen molar-refractivity contribution in [1.82, 2.24) is 0 Å². The molecule has 0 radical (unpaired) electrons. The molecule has 0 heterocycles. The summed E-state index contributed by atoms with van der Waals surface area (Å²) in [5, 5.41) is 1.50. The van der Waals surface area contributed by atoms with Gasteiger partial charge < -0.3 is 14.2 Å². The molecule has 3 aromatic rings. The number of carbonyl (C=O) groups is 3. The van der Waals surface area contributed by atoms with Crippen molar-refractivity contribution in [3.63, 3.8) is 0 Å². The third-order valence-electron chi connectivity index (χ3n) is 5.33. The third kappa shape index (κ3) is 2.76. The first kappa shape index (κ1) is 19.6. The van der Waals surface area contributed by atoms with Crippen LogP contribution in [0.25, 0.3) is 33.0 Å². The molecule has 0 atom stereocenters. The number of methoxy groups -OCH3 is 2. The molecule has 0 bridgehead atoms. The van der Waals surface area contributed by atoms with Crippen LogP contribution in [0.2, 0.25) is 0 Å². The molecule has 0 spiro atoms. The van der Waals surface area contributed by atoms with E-state index < -0.39 is 5.97 Å². The van der Waals surface area contributed by atoms with Crippen molar-refractivity contribution in [2.75, 3.05) is 14.2 Å². The predicted octanol–water partition coefficient (Wildman–Crippen LogP) is 4.83. The molecule has 0 aromatic heterocycles. The molecular formula is C24H20O6. The molecule has 152 valence electrons. The third-order valence-corrected chi connectivity index (χ3v) is 5.33. The molecular weight excluding hydrogens is 384 g/mol. The fourth-order valence-electron chi connectivity index (χ4n) is 4.17. The molecule has 0 unspecified atom stereocenters. The molecule has 30 heavy (non-hydrogen) atoms. The summed E-state index contributed by atoms with van der Waals surface area (Å²) in [6, 6.07) is 8.94. The first-order chi connectivity index (χ1) is 14.3. The molecule has 0 saturated carbocycles. The summed E-state index contributed by atoms with van der Waals surface area (Å²) in [5.74, 6) is 0.333. The van der Waals surface area contributed by atoms with Crippen LogP contribution < -0.4 is 14.2 Å². The minimum absolute atomic E-state index is 0.144. The van der Waals surface area contributed by atoms with Crippen molar-refractivity contribution in [2.24, 2.45) is 0 Å². The molecule has 3 aromatic carbocycles. The lowest BCUT2D eigenvalue weighted by Crippen LogP contribution is -2.06. The van der Waals surface area contributed by atoms with E-state index in [2.05, 4.69) is 0 Å². The Bertz CT molecular complexity index is 1270. The van der Waals surface area contributed by atoms with Crippen molar-refractivity contribution in [2.45, 2.75) is 20.8 Å². The lowest BCUT2D eigenvalue weighted by atomic mass is 9.94. The number of fused-ring (bicyclic) bond motifs is 3. The highest BCUT2D eigenvalue weighted by Gasteiger charge is 2.30. The van der Waals surface area contributed by atoms with Crippen LogP contribution in [0.1, 0.15) is 41.5 Å². The van der Waals surface area contributed by atoms with E-state index in [9.17, 15) is 14.4 Å². The van der Waals surface area contributed by atoms with Crippen molar-refractivity contribution in [1.29, 1.82) is 0 Å². The number of carbonyl (C=O) groups excluding carboxylic acids is 3. The van der Waals surface area contributed by atoms with E-state index in [0.717, 1.165) is 27.6 Å². The minimum atomic E-state index is -0.506. The Balaban J connectivity index is 2.16. The van der Waals surface area contributed by atoms with Crippen molar-refractivity contribution in [3.8, 4) is 39.5 Å². The first-order valence-corrected chi connectivity index (χ1v) is 9.39. The van der Waals surface area contributed by atoms with E-state index >= 15 is 0 Å². The average Bonchev–Trinajstić information content (AvgIpc) is 3.00. The summed E-state index contributed by atoms with van der Waals surface area (Å²) in [5.41, 5.74) is 4.05. The Hall–Kier alpha value is -3.67. The molecule has 0 N–H and O–H groups in total. The van der Waals surface area contributed by atoms with Gasteiger partial charge in [-0.05, 0) is 60.4 Å². The van der Waals surface area contributed by atoms with Gasteiger partial charge >= 0.3 is 5.97 Å². The lowest BCUT2D eigenvalue weighted by Gasteiger charge is -2.15. The highest BCUT2D eigenvalue weighted by molar-refractivity contribution is 6.24. The normalized spacial score (nSPS) is 11.2. The van der Waals surface area contributed by atoms with Crippen molar-refractivity contribution >= 4 is 28.3 Å². The second kappa shape index (κ2) is 6.99. The molecule has 4 rings (SSSR count). The van der Waals surface area contributed by atoms with E-state index in [1.54, 1.807) is 25.3 Å². The highest BCUT2D eigenvalue weighted by Crippen LogP contribution is 2.53. The molecule has 1 aliphatic rings. The van der Waals surface area contributed by atoms with Gasteiger partial charge in [0.1, 0.15) is 17.2 Å². The zero-order chi connectivity index (χ0) is 21.7. The predicted molar refractivity (Wildman–Crippen MR) is 113 cm³/mol. The number of ketones is 2. The molecule has 0 amide bonds. The Kier molecular flexibility index (Phi) is 4.57. The number of hydrogen-bond acceptors (Lipinski definition) is 6. The fourth-order valence-corrected chi connectivity index (χ4v) is 4.17. The summed E-state index contributed by atoms with van der Waals surface area (Å²) in [6.07, 6.45) is 0. The molecule has 6 heteroatoms. The first-order valence-electron chi connectivity index (χ1n) is 9.39. The summed E-state index contributed by atoms with van der Waals surface area (Å²) >= 11 is 0. The van der Waals surface area contributed by atoms with E-state index in [4.69, 9.17) is 14.2 Å². The molecule has 0 saturated heterocycles. The number of rotatable bonds is 5. The Morgan fingerprint density at radius 1 is 0.667 bits per heavy atom. The summed E-state index contributed by atoms with van der Waals surface area (Å²) in [6.45, 7) is 4.21. The number of ether oxygens (including phenoxy) is 3. The maximum Gasteiger partial charge on any atom is 0.308 e. The van der Waals surface area contributed by atoms with Gasteiger partial charge in [-0.1, -0.05) is 6.07 Å². The molecule has 0 fully saturated rings. The molecule has 1 aliphatic carbocycles. The largest absolute Gasteiger partial charge is 0.496 e. The SMILES string of the molecule is COc1cc2c3c(ccc(OC)c3c1C(C)=O)-c1cc(OC(C)=O)c(C(C)=O)cc1-2. The molecule has 0 aliphatic heterocycles. The summed E-state index contributed by atoms with van der Waals surface area (Å²) < 4.78 is 16.4. The van der Waals surface area contributed by atoms with Crippen LogP contribution >= 0.6 is 0 Å². The van der Waals surface area contributed by atoms with Gasteiger partial charge in [0.2, 0.25) is 0 Å². The van der Waals surface area contributed by atoms with Gasteiger partial charge in [0.05, 0.1) is 25.3 Å². The second-order valence-corrected chi connectivity index (χ2v) is 7.17. The van der Waals surface area contributed by atoms with Gasteiger partial charge in [0, 0.05) is 17.7 Å². The van der Waals surface area contributed by atoms with Crippen LogP contribution in [-0.2, 0) is 4.79 Å².